The van der Waals surface area contributed by atoms with Gasteiger partial charge in [0.25, 0.3) is 0 Å². The number of carbonyl (C=O) groups excluding carboxylic acids is 1. The van der Waals surface area contributed by atoms with E-state index in [4.69, 9.17) is 5.73 Å². The summed E-state index contributed by atoms with van der Waals surface area (Å²) in [4.78, 5) is 14.7. The Bertz CT molecular complexity index is 180. The molecule has 0 aromatic heterocycles. The van der Waals surface area contributed by atoms with Gasteiger partial charge in [-0.3, -0.25) is 9.69 Å². The van der Waals surface area contributed by atoms with Gasteiger partial charge in [0.05, 0.1) is 0 Å². The first-order chi connectivity index (χ1) is 6.51. The number of hydrogen-bond acceptors (Lipinski definition) is 3. The first kappa shape index (κ1) is 11.5. The summed E-state index contributed by atoms with van der Waals surface area (Å²) in [5.41, 5.74) is 5.83. The lowest BCUT2D eigenvalue weighted by molar-refractivity contribution is -0.119. The molecule has 1 fully saturated rings. The highest BCUT2D eigenvalue weighted by molar-refractivity contribution is 5.47. The smallest absolute Gasteiger partial charge is 0.209 e. The molecular weight excluding hydrogens is 178 g/mol. The summed E-state index contributed by atoms with van der Waals surface area (Å²) in [5, 5.41) is 0. The molecule has 1 rings (SSSR count). The molecule has 1 aliphatic heterocycles. The fraction of sp³-hybridized carbons (Fsp3) is 0.900. The van der Waals surface area contributed by atoms with Crippen molar-refractivity contribution in [1.29, 1.82) is 0 Å². The van der Waals surface area contributed by atoms with Gasteiger partial charge >= 0.3 is 0 Å². The van der Waals surface area contributed by atoms with Crippen molar-refractivity contribution in [3.05, 3.63) is 0 Å². The van der Waals surface area contributed by atoms with Gasteiger partial charge in [0, 0.05) is 38.3 Å². The third-order valence-corrected chi connectivity index (χ3v) is 2.63. The molecule has 4 heteroatoms. The van der Waals surface area contributed by atoms with Crippen LogP contribution in [-0.2, 0) is 4.79 Å². The fourth-order valence-electron chi connectivity index (χ4n) is 1.54. The van der Waals surface area contributed by atoms with Crippen molar-refractivity contribution in [1.82, 2.24) is 9.80 Å². The average molecular weight is 199 g/mol. The zero-order valence-electron chi connectivity index (χ0n) is 9.20. The molecular formula is C10H21N3O. The third kappa shape index (κ3) is 4.07. The molecule has 1 heterocycles. The topological polar surface area (TPSA) is 49.6 Å². The van der Waals surface area contributed by atoms with Crippen molar-refractivity contribution in [3.8, 4) is 0 Å². The summed E-state index contributed by atoms with van der Waals surface area (Å²) in [5.74, 6) is 0. The molecule has 0 atom stereocenters. The van der Waals surface area contributed by atoms with E-state index in [2.05, 4.69) is 18.7 Å². The predicted octanol–water partition coefficient (Wildman–Crippen LogP) is -0.112. The number of nitrogens with two attached hydrogens (primary N) is 1. The molecule has 1 amide bonds. The molecule has 0 unspecified atom stereocenters. The van der Waals surface area contributed by atoms with Gasteiger partial charge in [0.15, 0.2) is 0 Å². The molecule has 0 aromatic rings. The summed E-state index contributed by atoms with van der Waals surface area (Å²) in [6, 6.07) is 0. The first-order valence-corrected chi connectivity index (χ1v) is 5.22. The van der Waals surface area contributed by atoms with Crippen molar-refractivity contribution in [2.75, 3.05) is 32.7 Å². The van der Waals surface area contributed by atoms with Gasteiger partial charge in [-0.1, -0.05) is 0 Å². The van der Waals surface area contributed by atoms with Crippen LogP contribution in [0.1, 0.15) is 20.3 Å². The molecule has 0 aromatic carbocycles. The Kier molecular flexibility index (Phi) is 3.89. The lowest BCUT2D eigenvalue weighted by Crippen LogP contribution is -2.47. The standard InChI is InChI=1S/C10H21N3O/c1-10(2,11)3-4-12-5-7-13(9-14)8-6-12/h9H,3-8,11H2,1-2H3. The Labute approximate surface area is 86.0 Å². The Morgan fingerprint density at radius 1 is 1.29 bits per heavy atom. The van der Waals surface area contributed by atoms with E-state index in [1.165, 1.54) is 0 Å². The lowest BCUT2D eigenvalue weighted by atomic mass is 10.0. The van der Waals surface area contributed by atoms with Gasteiger partial charge in [0.1, 0.15) is 0 Å². The van der Waals surface area contributed by atoms with E-state index in [-0.39, 0.29) is 5.54 Å². The van der Waals surface area contributed by atoms with Crippen LogP contribution in [0.5, 0.6) is 0 Å². The van der Waals surface area contributed by atoms with Crippen molar-refractivity contribution < 1.29 is 4.79 Å². The van der Waals surface area contributed by atoms with Crippen LogP contribution in [0.2, 0.25) is 0 Å². The molecule has 4 nitrogen and oxygen atoms in total. The van der Waals surface area contributed by atoms with Gasteiger partial charge in [-0.2, -0.15) is 0 Å². The Hall–Kier alpha value is -0.610. The van der Waals surface area contributed by atoms with Gasteiger partial charge in [0.2, 0.25) is 6.41 Å². The largest absolute Gasteiger partial charge is 0.343 e. The van der Waals surface area contributed by atoms with Crippen LogP contribution in [-0.4, -0.2) is 54.5 Å². The Balaban J connectivity index is 2.19. The number of hydrogen-bond donors (Lipinski definition) is 1. The molecule has 0 aliphatic carbocycles. The minimum Gasteiger partial charge on any atom is -0.343 e. The highest BCUT2D eigenvalue weighted by atomic mass is 16.1. The normalized spacial score (nSPS) is 19.8. The van der Waals surface area contributed by atoms with E-state index >= 15 is 0 Å². The molecule has 2 N–H and O–H groups in total. The van der Waals surface area contributed by atoms with Crippen LogP contribution in [0.15, 0.2) is 0 Å². The SMILES string of the molecule is CC(C)(N)CCN1CCN(C=O)CC1. The molecule has 82 valence electrons. The van der Waals surface area contributed by atoms with Crippen LogP contribution in [0.25, 0.3) is 0 Å². The minimum absolute atomic E-state index is 0.0816. The average Bonchev–Trinajstić information content (AvgIpc) is 2.14. The maximum Gasteiger partial charge on any atom is 0.209 e. The quantitative estimate of drug-likeness (QED) is 0.643. The van der Waals surface area contributed by atoms with E-state index in [0.29, 0.717) is 0 Å². The van der Waals surface area contributed by atoms with Crippen LogP contribution >= 0.6 is 0 Å². The summed E-state index contributed by atoms with van der Waals surface area (Å²) < 4.78 is 0. The zero-order valence-corrected chi connectivity index (χ0v) is 9.20. The number of rotatable bonds is 4. The first-order valence-electron chi connectivity index (χ1n) is 5.22. The van der Waals surface area contributed by atoms with Crippen LogP contribution in [0.3, 0.4) is 0 Å². The van der Waals surface area contributed by atoms with E-state index in [1.807, 2.05) is 4.90 Å². The van der Waals surface area contributed by atoms with Gasteiger partial charge in [-0.15, -0.1) is 0 Å². The minimum atomic E-state index is -0.0816. The van der Waals surface area contributed by atoms with Gasteiger partial charge in [-0.25, -0.2) is 0 Å². The van der Waals surface area contributed by atoms with Crippen molar-refractivity contribution in [2.24, 2.45) is 5.73 Å². The second-order valence-corrected chi connectivity index (χ2v) is 4.72. The molecule has 1 saturated heterocycles. The third-order valence-electron chi connectivity index (χ3n) is 2.63. The molecule has 0 spiro atoms. The Morgan fingerprint density at radius 3 is 2.29 bits per heavy atom. The van der Waals surface area contributed by atoms with Crippen LogP contribution < -0.4 is 5.73 Å². The maximum absolute atomic E-state index is 10.5. The summed E-state index contributed by atoms with van der Waals surface area (Å²) in [7, 11) is 0. The molecule has 0 radical (unpaired) electrons. The second kappa shape index (κ2) is 4.75. The zero-order chi connectivity index (χ0) is 10.6. The van der Waals surface area contributed by atoms with Crippen molar-refractivity contribution >= 4 is 6.41 Å². The Morgan fingerprint density at radius 2 is 1.86 bits per heavy atom. The van der Waals surface area contributed by atoms with Crippen molar-refractivity contribution in [3.63, 3.8) is 0 Å². The van der Waals surface area contributed by atoms with E-state index in [9.17, 15) is 4.79 Å². The highest BCUT2D eigenvalue weighted by Crippen LogP contribution is 2.07. The molecule has 0 bridgehead atoms. The summed E-state index contributed by atoms with van der Waals surface area (Å²) in [6.45, 7) is 8.81. The second-order valence-electron chi connectivity index (χ2n) is 4.72. The number of nitrogens with zero attached hydrogens (tertiary/aromatic N) is 2. The van der Waals surface area contributed by atoms with Gasteiger partial charge in [-0.05, 0) is 20.3 Å². The molecule has 1 aliphatic rings. The van der Waals surface area contributed by atoms with E-state index in [0.717, 1.165) is 45.6 Å². The van der Waals surface area contributed by atoms with E-state index < -0.39 is 0 Å². The summed E-state index contributed by atoms with van der Waals surface area (Å²) in [6.07, 6.45) is 1.94. The lowest BCUT2D eigenvalue weighted by Gasteiger charge is -2.34. The number of carbonyl (C=O) groups is 1. The van der Waals surface area contributed by atoms with Crippen molar-refractivity contribution in [2.45, 2.75) is 25.8 Å². The number of amides is 1. The summed E-state index contributed by atoms with van der Waals surface area (Å²) >= 11 is 0. The monoisotopic (exact) mass is 199 g/mol. The fourth-order valence-corrected chi connectivity index (χ4v) is 1.54. The van der Waals surface area contributed by atoms with Gasteiger partial charge < -0.3 is 10.6 Å². The number of piperazine rings is 1. The van der Waals surface area contributed by atoms with Crippen LogP contribution in [0, 0.1) is 0 Å². The molecule has 0 saturated carbocycles. The molecule has 14 heavy (non-hydrogen) atoms. The predicted molar refractivity (Wildman–Crippen MR) is 57.0 cm³/mol. The maximum atomic E-state index is 10.5. The van der Waals surface area contributed by atoms with E-state index in [1.54, 1.807) is 0 Å². The van der Waals surface area contributed by atoms with Crippen LogP contribution in [0.4, 0.5) is 0 Å². The highest BCUT2D eigenvalue weighted by Gasteiger charge is 2.17.